The molecule has 2 aromatic carbocycles. The Hall–Kier alpha value is -3.15. The molecular weight excluding hydrogens is 328 g/mol. The van der Waals surface area contributed by atoms with E-state index < -0.39 is 0 Å². The Labute approximate surface area is 151 Å². The summed E-state index contributed by atoms with van der Waals surface area (Å²) in [5.74, 6) is 1.000. The highest BCUT2D eigenvalue weighted by Crippen LogP contribution is 2.38. The molecule has 0 bridgehead atoms. The highest BCUT2D eigenvalue weighted by atomic mass is 16.5. The molecule has 132 valence electrons. The largest absolute Gasteiger partial charge is 0.497 e. The van der Waals surface area contributed by atoms with Gasteiger partial charge in [-0.05, 0) is 41.7 Å². The Morgan fingerprint density at radius 2 is 2.12 bits per heavy atom. The Morgan fingerprint density at radius 1 is 1.23 bits per heavy atom. The summed E-state index contributed by atoms with van der Waals surface area (Å²) in [7, 11) is 1.67. The number of benzene rings is 2. The van der Waals surface area contributed by atoms with E-state index in [1.165, 1.54) is 6.33 Å². The van der Waals surface area contributed by atoms with E-state index in [4.69, 9.17) is 4.74 Å². The maximum atomic E-state index is 12.8. The molecule has 6 nitrogen and oxygen atoms in total. The molecule has 1 amide bonds. The molecule has 1 aliphatic heterocycles. The summed E-state index contributed by atoms with van der Waals surface area (Å²) < 4.78 is 5.37. The Morgan fingerprint density at radius 3 is 2.92 bits per heavy atom. The third-order valence-electron chi connectivity index (χ3n) is 4.83. The van der Waals surface area contributed by atoms with Crippen LogP contribution in [-0.2, 0) is 0 Å². The van der Waals surface area contributed by atoms with Gasteiger partial charge in [0.15, 0.2) is 0 Å². The minimum atomic E-state index is -0.106. The summed E-state index contributed by atoms with van der Waals surface area (Å²) in [5.41, 5.74) is 3.35. The number of aromatic amines is 1. The molecule has 0 saturated carbocycles. The topological polar surface area (TPSA) is 71.1 Å². The lowest BCUT2D eigenvalue weighted by atomic mass is 9.93. The Balaban J connectivity index is 1.72. The lowest BCUT2D eigenvalue weighted by Crippen LogP contribution is -2.31. The summed E-state index contributed by atoms with van der Waals surface area (Å²) in [5, 5.41) is 6.48. The zero-order valence-electron chi connectivity index (χ0n) is 14.6. The van der Waals surface area contributed by atoms with Crippen molar-refractivity contribution in [3.63, 3.8) is 0 Å². The minimum absolute atomic E-state index is 0.0231. The summed E-state index contributed by atoms with van der Waals surface area (Å²) in [4.78, 5) is 18.7. The quantitative estimate of drug-likeness (QED) is 0.784. The number of rotatable bonds is 4. The van der Waals surface area contributed by atoms with Crippen LogP contribution in [0.1, 0.15) is 35.1 Å². The lowest BCUT2D eigenvalue weighted by Gasteiger charge is -2.26. The molecule has 3 aromatic rings. The van der Waals surface area contributed by atoms with Crippen LogP contribution in [0.5, 0.6) is 5.75 Å². The number of carbonyl (C=O) groups excluding carboxylic acids is 1. The van der Waals surface area contributed by atoms with Crippen molar-refractivity contribution in [2.45, 2.75) is 18.9 Å². The molecule has 1 aromatic heterocycles. The zero-order valence-corrected chi connectivity index (χ0v) is 14.6. The van der Waals surface area contributed by atoms with Crippen molar-refractivity contribution in [3.8, 4) is 16.9 Å². The molecule has 0 radical (unpaired) electrons. The molecule has 2 heterocycles. The average molecular weight is 348 g/mol. The van der Waals surface area contributed by atoms with E-state index in [9.17, 15) is 4.79 Å². The first-order valence-corrected chi connectivity index (χ1v) is 8.67. The van der Waals surface area contributed by atoms with Crippen molar-refractivity contribution in [3.05, 3.63) is 66.2 Å². The second-order valence-electron chi connectivity index (χ2n) is 6.31. The van der Waals surface area contributed by atoms with E-state index in [2.05, 4.69) is 33.4 Å². The molecule has 4 rings (SSSR count). The van der Waals surface area contributed by atoms with Gasteiger partial charge in [0.1, 0.15) is 12.1 Å². The Kier molecular flexibility index (Phi) is 4.39. The second kappa shape index (κ2) is 7.00. The summed E-state index contributed by atoms with van der Waals surface area (Å²) in [6.45, 7) is 0.719. The number of nitrogens with one attached hydrogen (secondary N) is 1. The predicted octanol–water partition coefficient (Wildman–Crippen LogP) is 3.46. The van der Waals surface area contributed by atoms with E-state index in [0.717, 1.165) is 41.8 Å². The van der Waals surface area contributed by atoms with Gasteiger partial charge in [-0.1, -0.05) is 36.4 Å². The molecule has 6 heteroatoms. The van der Waals surface area contributed by atoms with Crippen molar-refractivity contribution in [2.24, 2.45) is 0 Å². The lowest BCUT2D eigenvalue weighted by molar-refractivity contribution is 0.0724. The predicted molar refractivity (Wildman–Crippen MR) is 97.8 cm³/mol. The van der Waals surface area contributed by atoms with Crippen LogP contribution in [0.3, 0.4) is 0 Å². The van der Waals surface area contributed by atoms with Gasteiger partial charge in [0, 0.05) is 6.54 Å². The molecule has 1 aliphatic rings. The molecule has 0 aliphatic carbocycles. The van der Waals surface area contributed by atoms with Gasteiger partial charge in [0.05, 0.1) is 13.2 Å². The highest BCUT2D eigenvalue weighted by Gasteiger charge is 2.33. The first kappa shape index (κ1) is 16.3. The molecule has 26 heavy (non-hydrogen) atoms. The number of likely N-dealkylation sites (tertiary alicyclic amines) is 1. The molecule has 1 atom stereocenters. The summed E-state index contributed by atoms with van der Waals surface area (Å²) in [6.07, 6.45) is 3.26. The fourth-order valence-corrected chi connectivity index (χ4v) is 3.62. The highest BCUT2D eigenvalue weighted by molar-refractivity contribution is 5.91. The Bertz CT molecular complexity index is 908. The van der Waals surface area contributed by atoms with Crippen LogP contribution in [0.25, 0.3) is 11.1 Å². The molecule has 0 unspecified atom stereocenters. The number of ether oxygens (including phenoxy) is 1. The monoisotopic (exact) mass is 348 g/mol. The average Bonchev–Trinajstić information content (AvgIpc) is 3.39. The normalized spacial score (nSPS) is 16.7. The summed E-state index contributed by atoms with van der Waals surface area (Å²) >= 11 is 0. The number of amides is 1. The molecule has 1 saturated heterocycles. The van der Waals surface area contributed by atoms with Gasteiger partial charge >= 0.3 is 0 Å². The molecule has 1 N–H and O–H groups in total. The third-order valence-corrected chi connectivity index (χ3v) is 4.83. The van der Waals surface area contributed by atoms with E-state index in [1.807, 2.05) is 35.2 Å². The van der Waals surface area contributed by atoms with Gasteiger partial charge < -0.3 is 9.64 Å². The zero-order chi connectivity index (χ0) is 17.9. The van der Waals surface area contributed by atoms with Crippen molar-refractivity contribution in [1.29, 1.82) is 0 Å². The number of hydrogen-bond donors (Lipinski definition) is 1. The van der Waals surface area contributed by atoms with Gasteiger partial charge in [0.25, 0.3) is 5.91 Å². The summed E-state index contributed by atoms with van der Waals surface area (Å²) in [6, 6.07) is 16.3. The van der Waals surface area contributed by atoms with Gasteiger partial charge in [-0.3, -0.25) is 9.89 Å². The second-order valence-corrected chi connectivity index (χ2v) is 6.31. The van der Waals surface area contributed by atoms with Gasteiger partial charge in [-0.2, -0.15) is 5.10 Å². The van der Waals surface area contributed by atoms with Crippen molar-refractivity contribution < 1.29 is 9.53 Å². The number of hydrogen-bond acceptors (Lipinski definition) is 4. The first-order valence-electron chi connectivity index (χ1n) is 8.67. The van der Waals surface area contributed by atoms with Gasteiger partial charge in [-0.25, -0.2) is 4.98 Å². The van der Waals surface area contributed by atoms with E-state index in [-0.39, 0.29) is 17.8 Å². The SMILES string of the molecule is COc1cccc(-c2ccccc2[C@@H]2CCCN2C(=O)c2ncn[nH]2)c1. The third kappa shape index (κ3) is 2.94. The van der Waals surface area contributed by atoms with Crippen LogP contribution in [-0.4, -0.2) is 39.6 Å². The number of nitrogens with zero attached hydrogens (tertiary/aromatic N) is 3. The molecule has 1 fully saturated rings. The van der Waals surface area contributed by atoms with E-state index >= 15 is 0 Å². The minimum Gasteiger partial charge on any atom is -0.497 e. The fourth-order valence-electron chi connectivity index (χ4n) is 3.62. The van der Waals surface area contributed by atoms with Gasteiger partial charge in [0.2, 0.25) is 5.82 Å². The van der Waals surface area contributed by atoms with Crippen molar-refractivity contribution >= 4 is 5.91 Å². The van der Waals surface area contributed by atoms with Crippen LogP contribution >= 0.6 is 0 Å². The fraction of sp³-hybridized carbons (Fsp3) is 0.250. The standard InChI is InChI=1S/C20H20N4O2/c1-26-15-7-4-6-14(12-15)16-8-2-3-9-17(16)18-10-5-11-24(18)20(25)19-21-13-22-23-19/h2-4,6-9,12-13,18H,5,10-11H2,1H3,(H,21,22,23)/t18-/m0/s1. The number of H-pyrrole nitrogens is 1. The smallest absolute Gasteiger partial charge is 0.291 e. The van der Waals surface area contributed by atoms with Crippen LogP contribution in [0.2, 0.25) is 0 Å². The van der Waals surface area contributed by atoms with Crippen LogP contribution in [0.15, 0.2) is 54.9 Å². The first-order chi connectivity index (χ1) is 12.8. The number of carbonyl (C=O) groups is 1. The van der Waals surface area contributed by atoms with Crippen LogP contribution in [0, 0.1) is 0 Å². The maximum Gasteiger partial charge on any atom is 0.291 e. The van der Waals surface area contributed by atoms with Crippen molar-refractivity contribution in [1.82, 2.24) is 20.1 Å². The number of aromatic nitrogens is 3. The molecular formula is C20H20N4O2. The maximum absolute atomic E-state index is 12.8. The molecule has 0 spiro atoms. The van der Waals surface area contributed by atoms with Crippen LogP contribution < -0.4 is 4.74 Å². The van der Waals surface area contributed by atoms with E-state index in [0.29, 0.717) is 0 Å². The van der Waals surface area contributed by atoms with Crippen LogP contribution in [0.4, 0.5) is 0 Å². The van der Waals surface area contributed by atoms with E-state index in [1.54, 1.807) is 7.11 Å². The van der Waals surface area contributed by atoms with Crippen molar-refractivity contribution in [2.75, 3.05) is 13.7 Å². The number of methoxy groups -OCH3 is 1. The van der Waals surface area contributed by atoms with Gasteiger partial charge in [-0.15, -0.1) is 0 Å².